The molecule has 0 N–H and O–H groups in total. The predicted octanol–water partition coefficient (Wildman–Crippen LogP) is 3.12. The molecule has 2 aromatic heterocycles. The van der Waals surface area contributed by atoms with E-state index < -0.39 is 0 Å². The quantitative estimate of drug-likeness (QED) is 0.746. The Hall–Kier alpha value is -2.01. The number of nitrogens with zero attached hydrogens (tertiary/aromatic N) is 4. The van der Waals surface area contributed by atoms with Crippen molar-refractivity contribution in [3.8, 4) is 0 Å². The van der Waals surface area contributed by atoms with Crippen LogP contribution in [-0.2, 0) is 6.54 Å². The maximum absolute atomic E-state index is 5.97. The zero-order valence-electron chi connectivity index (χ0n) is 11.7. The molecule has 6 heteroatoms. The van der Waals surface area contributed by atoms with Crippen molar-refractivity contribution in [1.29, 1.82) is 0 Å². The van der Waals surface area contributed by atoms with Crippen LogP contribution in [0.15, 0.2) is 35.0 Å². The molecule has 0 amide bonds. The van der Waals surface area contributed by atoms with Crippen molar-refractivity contribution in [3.63, 3.8) is 0 Å². The maximum atomic E-state index is 5.97. The van der Waals surface area contributed by atoms with Gasteiger partial charge in [-0.25, -0.2) is 4.98 Å². The molecule has 0 saturated carbocycles. The molecule has 0 radical (unpaired) electrons. The summed E-state index contributed by atoms with van der Waals surface area (Å²) in [6.07, 6.45) is 3.87. The summed E-state index contributed by atoms with van der Waals surface area (Å²) in [4.78, 5) is 10.9. The van der Waals surface area contributed by atoms with Gasteiger partial charge in [-0.3, -0.25) is 0 Å². The van der Waals surface area contributed by atoms with Crippen LogP contribution >= 0.6 is 11.6 Å². The van der Waals surface area contributed by atoms with Gasteiger partial charge in [0.15, 0.2) is 5.58 Å². The van der Waals surface area contributed by atoms with E-state index in [1.165, 1.54) is 0 Å². The first-order valence-corrected chi connectivity index (χ1v) is 7.35. The lowest BCUT2D eigenvalue weighted by Crippen LogP contribution is -2.48. The fraction of sp³-hybridized carbons (Fsp3) is 0.333. The van der Waals surface area contributed by atoms with Crippen molar-refractivity contribution in [2.75, 3.05) is 18.0 Å². The highest BCUT2D eigenvalue weighted by molar-refractivity contribution is 6.31. The average molecular weight is 303 g/mol. The number of hydrogen-bond donors (Lipinski definition) is 0. The van der Waals surface area contributed by atoms with Crippen molar-refractivity contribution >= 4 is 28.7 Å². The molecule has 0 atom stereocenters. The first-order chi connectivity index (χ1) is 10.2. The van der Waals surface area contributed by atoms with Crippen LogP contribution in [0, 0.1) is 12.8 Å². The molecule has 0 aliphatic carbocycles. The van der Waals surface area contributed by atoms with Crippen molar-refractivity contribution in [2.24, 2.45) is 5.92 Å². The van der Waals surface area contributed by atoms with Crippen LogP contribution in [0.5, 0.6) is 0 Å². The molecule has 4 rings (SSSR count). The number of aryl methyl sites for hydroxylation is 1. The second-order valence-electron chi connectivity index (χ2n) is 5.51. The SMILES string of the molecule is Cc1nccn1CC1CN(c2nc3cc(Cl)ccc3o2)C1. The molecule has 1 aliphatic heterocycles. The number of rotatable bonds is 3. The highest BCUT2D eigenvalue weighted by atomic mass is 35.5. The van der Waals surface area contributed by atoms with Gasteiger partial charge in [-0.15, -0.1) is 0 Å². The van der Waals surface area contributed by atoms with Crippen LogP contribution in [-0.4, -0.2) is 27.6 Å². The molecule has 3 aromatic rings. The second-order valence-corrected chi connectivity index (χ2v) is 5.94. The van der Waals surface area contributed by atoms with Crippen molar-refractivity contribution in [2.45, 2.75) is 13.5 Å². The minimum Gasteiger partial charge on any atom is -0.423 e. The lowest BCUT2D eigenvalue weighted by molar-refractivity contribution is 0.335. The summed E-state index contributed by atoms with van der Waals surface area (Å²) in [5.74, 6) is 1.67. The minimum absolute atomic E-state index is 0.608. The maximum Gasteiger partial charge on any atom is 0.298 e. The van der Waals surface area contributed by atoms with Crippen molar-refractivity contribution < 1.29 is 4.42 Å². The predicted molar refractivity (Wildman–Crippen MR) is 81.7 cm³/mol. The lowest BCUT2D eigenvalue weighted by atomic mass is 10.0. The Labute approximate surface area is 127 Å². The first-order valence-electron chi connectivity index (χ1n) is 6.98. The summed E-state index contributed by atoms with van der Waals surface area (Å²) in [6, 6.07) is 6.20. The van der Waals surface area contributed by atoms with Gasteiger partial charge in [0.05, 0.1) is 0 Å². The molecular formula is C15H15ClN4O. The Bertz CT molecular complexity index is 788. The highest BCUT2D eigenvalue weighted by Gasteiger charge is 2.30. The van der Waals surface area contributed by atoms with Crippen molar-refractivity contribution in [1.82, 2.24) is 14.5 Å². The highest BCUT2D eigenvalue weighted by Crippen LogP contribution is 2.29. The molecule has 1 aliphatic rings. The Morgan fingerprint density at radius 2 is 2.24 bits per heavy atom. The number of halogens is 1. The molecule has 0 spiro atoms. The fourth-order valence-corrected chi connectivity index (χ4v) is 2.91. The van der Waals surface area contributed by atoms with Gasteiger partial charge in [-0.2, -0.15) is 4.98 Å². The van der Waals surface area contributed by atoms with Crippen molar-refractivity contribution in [3.05, 3.63) is 41.4 Å². The molecule has 1 fully saturated rings. The summed E-state index contributed by atoms with van der Waals surface area (Å²) in [6.45, 7) is 4.94. The molecule has 1 aromatic carbocycles. The summed E-state index contributed by atoms with van der Waals surface area (Å²) in [5, 5.41) is 0.680. The van der Waals surface area contributed by atoms with E-state index in [-0.39, 0.29) is 0 Å². The van der Waals surface area contributed by atoms with Crippen LogP contribution in [0.25, 0.3) is 11.1 Å². The van der Waals surface area contributed by atoms with E-state index >= 15 is 0 Å². The summed E-state index contributed by atoms with van der Waals surface area (Å²) in [7, 11) is 0. The van der Waals surface area contributed by atoms with E-state index in [1.807, 2.05) is 37.5 Å². The van der Waals surface area contributed by atoms with Crippen LogP contribution in [0.4, 0.5) is 6.01 Å². The molecule has 1 saturated heterocycles. The summed E-state index contributed by atoms with van der Waals surface area (Å²) < 4.78 is 7.96. The van der Waals surface area contributed by atoms with Gasteiger partial charge in [0, 0.05) is 43.0 Å². The Balaban J connectivity index is 1.45. The smallest absolute Gasteiger partial charge is 0.298 e. The van der Waals surface area contributed by atoms with Gasteiger partial charge >= 0.3 is 0 Å². The molecular weight excluding hydrogens is 288 g/mol. The van der Waals surface area contributed by atoms with Gasteiger partial charge in [0.2, 0.25) is 0 Å². The van der Waals surface area contributed by atoms with Gasteiger partial charge < -0.3 is 13.9 Å². The Kier molecular flexibility index (Phi) is 2.89. The van der Waals surface area contributed by atoms with E-state index in [4.69, 9.17) is 16.0 Å². The third kappa shape index (κ3) is 2.27. The second kappa shape index (κ2) is 4.77. The largest absolute Gasteiger partial charge is 0.423 e. The van der Waals surface area contributed by atoms with E-state index in [0.717, 1.165) is 36.6 Å². The standard InChI is InChI=1S/C15H15ClN4O/c1-10-17-4-5-19(10)7-11-8-20(9-11)15-18-13-6-12(16)2-3-14(13)21-15/h2-6,11H,7-9H2,1H3. The van der Waals surface area contributed by atoms with Crippen LogP contribution in [0.1, 0.15) is 5.82 Å². The van der Waals surface area contributed by atoms with E-state index in [9.17, 15) is 0 Å². The van der Waals surface area contributed by atoms with E-state index in [1.54, 1.807) is 0 Å². The molecule has 0 unspecified atom stereocenters. The number of anilines is 1. The first kappa shape index (κ1) is 12.7. The summed E-state index contributed by atoms with van der Waals surface area (Å²) >= 11 is 5.97. The number of benzene rings is 1. The van der Waals surface area contributed by atoms with E-state index in [2.05, 4.69) is 19.4 Å². The third-order valence-electron chi connectivity index (χ3n) is 3.94. The van der Waals surface area contributed by atoms with Crippen LogP contribution in [0.2, 0.25) is 5.02 Å². The zero-order chi connectivity index (χ0) is 14.4. The number of oxazole rings is 1. The molecule has 5 nitrogen and oxygen atoms in total. The lowest BCUT2D eigenvalue weighted by Gasteiger charge is -2.38. The van der Waals surface area contributed by atoms with Crippen LogP contribution < -0.4 is 4.90 Å². The Morgan fingerprint density at radius 1 is 1.38 bits per heavy atom. The average Bonchev–Trinajstić information content (AvgIpc) is 2.99. The number of aromatic nitrogens is 3. The van der Waals surface area contributed by atoms with Gasteiger partial charge in [-0.1, -0.05) is 11.6 Å². The monoisotopic (exact) mass is 302 g/mol. The minimum atomic E-state index is 0.608. The number of fused-ring (bicyclic) bond motifs is 1. The zero-order valence-corrected chi connectivity index (χ0v) is 12.4. The normalized spacial score (nSPS) is 15.6. The molecule has 0 bridgehead atoms. The topological polar surface area (TPSA) is 47.1 Å². The molecule has 108 valence electrons. The van der Waals surface area contributed by atoms with Gasteiger partial charge in [0.1, 0.15) is 11.3 Å². The van der Waals surface area contributed by atoms with Gasteiger partial charge in [0.25, 0.3) is 6.01 Å². The number of hydrogen-bond acceptors (Lipinski definition) is 4. The van der Waals surface area contributed by atoms with Crippen LogP contribution in [0.3, 0.4) is 0 Å². The molecule has 21 heavy (non-hydrogen) atoms. The number of imidazole rings is 1. The van der Waals surface area contributed by atoms with E-state index in [0.29, 0.717) is 17.0 Å². The third-order valence-corrected chi connectivity index (χ3v) is 4.18. The van der Waals surface area contributed by atoms with Gasteiger partial charge in [-0.05, 0) is 25.1 Å². The Morgan fingerprint density at radius 3 is 3.00 bits per heavy atom. The fourth-order valence-electron chi connectivity index (χ4n) is 2.74. The summed E-state index contributed by atoms with van der Waals surface area (Å²) in [5.41, 5.74) is 1.59. The molecule has 3 heterocycles.